The van der Waals surface area contributed by atoms with Crippen LogP contribution >= 0.6 is 11.8 Å². The number of halogens is 3. The van der Waals surface area contributed by atoms with Crippen molar-refractivity contribution in [2.24, 2.45) is 0 Å². The summed E-state index contributed by atoms with van der Waals surface area (Å²) in [6.45, 7) is 0.884. The number of hydrogen-bond donors (Lipinski definition) is 3. The molecule has 0 spiro atoms. The second-order valence-corrected chi connectivity index (χ2v) is 9.20. The van der Waals surface area contributed by atoms with Gasteiger partial charge in [0.15, 0.2) is 0 Å². The molecule has 12 heteroatoms. The monoisotopic (exact) mass is 477 g/mol. The van der Waals surface area contributed by atoms with Gasteiger partial charge in [0, 0.05) is 28.4 Å². The fourth-order valence-corrected chi connectivity index (χ4v) is 5.19. The molecule has 3 N–H and O–H groups in total. The molecule has 0 aliphatic heterocycles. The summed E-state index contributed by atoms with van der Waals surface area (Å²) in [5, 5.41) is 9.58. The molecule has 0 fully saturated rings. The Morgan fingerprint density at radius 2 is 2.00 bits per heavy atom. The Morgan fingerprint density at radius 1 is 1.25 bits per heavy atom. The van der Waals surface area contributed by atoms with Crippen molar-refractivity contribution in [3.8, 4) is 0 Å². The Kier molecular flexibility index (Phi) is 5.55. The lowest BCUT2D eigenvalue weighted by Crippen LogP contribution is -2.40. The maximum absolute atomic E-state index is 13.7. The number of hydrogen-bond acceptors (Lipinski definition) is 5. The van der Waals surface area contributed by atoms with Gasteiger partial charge in [-0.05, 0) is 36.8 Å². The highest BCUT2D eigenvalue weighted by atomic mass is 32.2. The summed E-state index contributed by atoms with van der Waals surface area (Å²) in [7, 11) is 3.58. The third-order valence-electron chi connectivity index (χ3n) is 5.17. The number of thioether (sulfide) groups is 1. The number of fused-ring (bicyclic) bond motifs is 2. The van der Waals surface area contributed by atoms with E-state index in [4.69, 9.17) is 0 Å². The lowest BCUT2D eigenvalue weighted by atomic mass is 10.1. The van der Waals surface area contributed by atoms with Crippen LogP contribution in [0.25, 0.3) is 21.9 Å². The number of rotatable bonds is 5. The van der Waals surface area contributed by atoms with Gasteiger partial charge in [-0.3, -0.25) is 9.78 Å². The summed E-state index contributed by atoms with van der Waals surface area (Å²) in [5.74, 6) is 0.0623. The molecule has 32 heavy (non-hydrogen) atoms. The highest BCUT2D eigenvalue weighted by Gasteiger charge is 2.35. The molecule has 0 aliphatic carbocycles. The van der Waals surface area contributed by atoms with E-state index in [1.165, 1.54) is 6.92 Å². The number of aliphatic hydroxyl groups excluding tert-OH is 1. The van der Waals surface area contributed by atoms with E-state index in [1.807, 2.05) is 11.1 Å². The van der Waals surface area contributed by atoms with Crippen LogP contribution in [0.5, 0.6) is 0 Å². The lowest BCUT2D eigenvalue weighted by molar-refractivity contribution is -0.138. The summed E-state index contributed by atoms with van der Waals surface area (Å²) >= 11 is 0.982. The van der Waals surface area contributed by atoms with Crippen LogP contribution in [0.4, 0.5) is 13.2 Å². The van der Waals surface area contributed by atoms with Crippen molar-refractivity contribution < 1.29 is 18.3 Å². The molecule has 4 aromatic rings. The molecule has 1 aromatic carbocycles. The summed E-state index contributed by atoms with van der Waals surface area (Å²) in [6, 6.07) is 6.15. The van der Waals surface area contributed by atoms with Gasteiger partial charge < -0.3 is 14.7 Å². The number of alkyl halides is 3. The van der Waals surface area contributed by atoms with Crippen molar-refractivity contribution in [3.63, 3.8) is 0 Å². The normalized spacial score (nSPS) is 14.2. The number of nitrogens with one attached hydrogen (secondary N) is 2. The van der Waals surface area contributed by atoms with Gasteiger partial charge in [0.25, 0.3) is 5.56 Å². The summed E-state index contributed by atoms with van der Waals surface area (Å²) < 4.78 is 42.6. The average Bonchev–Trinajstić information content (AvgIpc) is 3.16. The number of nitrogens with zero attached hydrogens (tertiary/aromatic N) is 2. The first kappa shape index (κ1) is 22.4. The summed E-state index contributed by atoms with van der Waals surface area (Å²) in [4.78, 5) is 32.9. The molecule has 0 saturated heterocycles. The predicted molar refractivity (Wildman–Crippen MR) is 116 cm³/mol. The lowest BCUT2D eigenvalue weighted by Gasteiger charge is -2.30. The molecule has 0 aliphatic rings. The van der Waals surface area contributed by atoms with Gasteiger partial charge in [-0.15, -0.1) is 11.8 Å². The minimum absolute atomic E-state index is 0.0108. The Hall–Kier alpha value is -2.83. The fraction of sp³-hybridized carbons (Fsp3) is 0.250. The summed E-state index contributed by atoms with van der Waals surface area (Å²) in [5.41, 5.74) is -2.25. The Labute approximate surface area is 186 Å². The largest absolute Gasteiger partial charge is 0.416 e. The second-order valence-electron chi connectivity index (χ2n) is 7.29. The topological polar surface area (TPSA) is 104 Å². The highest BCUT2D eigenvalue weighted by Crippen LogP contribution is 2.40. The van der Waals surface area contributed by atoms with Crippen molar-refractivity contribution in [2.75, 3.05) is 12.4 Å². The molecule has 3 aromatic heterocycles. The van der Waals surface area contributed by atoms with Crippen molar-refractivity contribution in [1.29, 1.82) is 0 Å². The van der Waals surface area contributed by atoms with Crippen LogP contribution in [-0.2, 0) is 11.3 Å². The number of benzene rings is 1. The molecule has 0 unspecified atom stereocenters. The molecule has 7 nitrogen and oxygen atoms in total. The summed E-state index contributed by atoms with van der Waals surface area (Å²) in [6.07, 6.45) is -1.39. The van der Waals surface area contributed by atoms with Gasteiger partial charge >= 0.3 is 11.9 Å². The van der Waals surface area contributed by atoms with Crippen LogP contribution < -0.4 is 11.2 Å². The number of pyridine rings is 1. The molecule has 1 atom stereocenters. The first-order chi connectivity index (χ1) is 15.0. The molecule has 0 bridgehead atoms. The van der Waals surface area contributed by atoms with E-state index < -0.39 is 34.8 Å². The Balaban J connectivity index is 1.85. The first-order valence-electron chi connectivity index (χ1n) is 9.33. The molecule has 0 saturated carbocycles. The maximum Gasteiger partial charge on any atom is 0.416 e. The van der Waals surface area contributed by atoms with Crippen LogP contribution in [0.1, 0.15) is 11.1 Å². The van der Waals surface area contributed by atoms with Crippen LogP contribution in [0.2, 0.25) is 0 Å². The van der Waals surface area contributed by atoms with Crippen molar-refractivity contribution in [2.45, 2.75) is 23.2 Å². The van der Waals surface area contributed by atoms with Gasteiger partial charge in [0.1, 0.15) is 5.65 Å². The molecular weight excluding hydrogens is 461 g/mol. The van der Waals surface area contributed by atoms with Crippen molar-refractivity contribution >= 4 is 43.9 Å². The molecule has 4 rings (SSSR count). The van der Waals surface area contributed by atoms with Crippen molar-refractivity contribution in [3.05, 3.63) is 68.6 Å². The highest BCUT2D eigenvalue weighted by molar-refractivity contribution is 7.99. The number of aliphatic hydroxyl groups is 1. The van der Waals surface area contributed by atoms with Crippen LogP contribution in [0, 0.1) is 6.92 Å². The average molecular weight is 478 g/mol. The van der Waals surface area contributed by atoms with E-state index in [9.17, 15) is 27.9 Å². The van der Waals surface area contributed by atoms with E-state index in [-0.39, 0.29) is 27.1 Å². The van der Waals surface area contributed by atoms with E-state index in [1.54, 1.807) is 29.1 Å². The molecule has 3 heterocycles. The number of aromatic nitrogens is 4. The zero-order chi connectivity index (χ0) is 23.3. The number of aromatic amines is 2. The van der Waals surface area contributed by atoms with E-state index in [0.29, 0.717) is 5.65 Å². The predicted octanol–water partition coefficient (Wildman–Crippen LogP) is 2.50. The Bertz CT molecular complexity index is 1450. The van der Waals surface area contributed by atoms with E-state index in [2.05, 4.69) is 20.2 Å². The van der Waals surface area contributed by atoms with Crippen LogP contribution in [0.3, 0.4) is 0 Å². The van der Waals surface area contributed by atoms with E-state index >= 15 is 0 Å². The smallest absolute Gasteiger partial charge is 0.394 e. The molecule has 3 radical (unpaired) electrons. The minimum atomic E-state index is -4.70. The first-order valence-corrected chi connectivity index (χ1v) is 10.8. The quantitative estimate of drug-likeness (QED) is 0.303. The van der Waals surface area contributed by atoms with E-state index in [0.717, 1.165) is 23.2 Å². The van der Waals surface area contributed by atoms with Gasteiger partial charge in [-0.25, -0.2) is 9.78 Å². The molecule has 0 amide bonds. The third kappa shape index (κ3) is 3.78. The Morgan fingerprint density at radius 3 is 2.69 bits per heavy atom. The minimum Gasteiger partial charge on any atom is -0.394 e. The molecular formula is C20H16F3N4O3SSi. The van der Waals surface area contributed by atoms with Crippen LogP contribution in [0.15, 0.2) is 51.1 Å². The molecule has 165 valence electrons. The fourth-order valence-electron chi connectivity index (χ4n) is 3.54. The zero-order valence-corrected chi connectivity index (χ0v) is 18.4. The van der Waals surface area contributed by atoms with Gasteiger partial charge in [0.05, 0.1) is 38.5 Å². The van der Waals surface area contributed by atoms with Gasteiger partial charge in [-0.1, -0.05) is 0 Å². The number of H-pyrrole nitrogens is 2. The maximum atomic E-state index is 13.7. The zero-order valence-electron chi connectivity index (χ0n) is 16.6. The third-order valence-corrected chi connectivity index (χ3v) is 7.42. The van der Waals surface area contributed by atoms with Gasteiger partial charge in [0.2, 0.25) is 0 Å². The second kappa shape index (κ2) is 7.94. The van der Waals surface area contributed by atoms with Gasteiger partial charge in [-0.2, -0.15) is 13.2 Å². The van der Waals surface area contributed by atoms with Crippen LogP contribution in [-0.4, -0.2) is 47.2 Å². The standard InChI is InChI=1S/C20H16F3N4O3SSi/c1-10-13(20(21,22)23)7-12-14(25-18(30)26-17(12)29)15(10)31-9-19(32,8-28)27-6-4-11-3-2-5-24-16(11)27/h2-7,28H,8-9H2,1H3,(H2,25,26,29,30)/t19-/m0/s1. The SMILES string of the molecule is Cc1c(C(F)(F)F)cc2c(=O)[nH]c(=O)[nH]c2c1SC[C@@]([Si])(CO)n1ccc2cccnc21. The van der Waals surface area contributed by atoms with Crippen molar-refractivity contribution in [1.82, 2.24) is 19.5 Å².